The highest BCUT2D eigenvalue weighted by Crippen LogP contribution is 2.13. The molecule has 0 spiro atoms. The second-order valence-corrected chi connectivity index (χ2v) is 4.73. The average molecular weight is 292 g/mol. The smallest absolute Gasteiger partial charge is 0.0538 e. The maximum Gasteiger partial charge on any atom is 0.0538 e. The lowest BCUT2D eigenvalue weighted by Gasteiger charge is -2.06. The zero-order valence-electron chi connectivity index (χ0n) is 9.36. The Hall–Kier alpha value is -1.55. The van der Waals surface area contributed by atoms with Crippen molar-refractivity contribution in [1.82, 2.24) is 4.98 Å². The molecule has 0 unspecified atom stereocenters. The van der Waals surface area contributed by atoms with E-state index >= 15 is 0 Å². The van der Waals surface area contributed by atoms with Gasteiger partial charge in [-0.3, -0.25) is 4.98 Å². The SMILES string of the molecule is Nc1ccc(CCNc2cncc(Br)c2)cc1. The van der Waals surface area contributed by atoms with Crippen LogP contribution in [0.4, 0.5) is 11.4 Å². The van der Waals surface area contributed by atoms with Gasteiger partial charge in [-0.05, 0) is 46.1 Å². The number of hydrogen-bond acceptors (Lipinski definition) is 3. The predicted octanol–water partition coefficient (Wildman–Crippen LogP) is 3.08. The summed E-state index contributed by atoms with van der Waals surface area (Å²) in [6, 6.07) is 9.97. The summed E-state index contributed by atoms with van der Waals surface area (Å²) in [5.41, 5.74) is 8.73. The Balaban J connectivity index is 1.85. The molecule has 1 heterocycles. The standard InChI is InChI=1S/C13H14BrN3/c14-11-7-13(9-16-8-11)17-6-5-10-1-3-12(15)4-2-10/h1-4,7-9,17H,5-6,15H2. The highest BCUT2D eigenvalue weighted by Gasteiger charge is 1.95. The van der Waals surface area contributed by atoms with Crippen LogP contribution in [0.3, 0.4) is 0 Å². The van der Waals surface area contributed by atoms with Crippen LogP contribution >= 0.6 is 15.9 Å². The monoisotopic (exact) mass is 291 g/mol. The number of nitrogens with two attached hydrogens (primary N) is 1. The Morgan fingerprint density at radius 2 is 1.94 bits per heavy atom. The zero-order valence-corrected chi connectivity index (χ0v) is 10.9. The fourth-order valence-corrected chi connectivity index (χ4v) is 1.91. The summed E-state index contributed by atoms with van der Waals surface area (Å²) in [5.74, 6) is 0. The van der Waals surface area contributed by atoms with E-state index in [1.165, 1.54) is 5.56 Å². The topological polar surface area (TPSA) is 50.9 Å². The van der Waals surface area contributed by atoms with Crippen LogP contribution < -0.4 is 11.1 Å². The van der Waals surface area contributed by atoms with Crippen LogP contribution in [0.15, 0.2) is 47.2 Å². The van der Waals surface area contributed by atoms with Crippen molar-refractivity contribution in [3.05, 3.63) is 52.8 Å². The van der Waals surface area contributed by atoms with E-state index in [0.29, 0.717) is 0 Å². The van der Waals surface area contributed by atoms with E-state index < -0.39 is 0 Å². The summed E-state index contributed by atoms with van der Waals surface area (Å²) in [4.78, 5) is 4.10. The van der Waals surface area contributed by atoms with Gasteiger partial charge in [-0.2, -0.15) is 0 Å². The van der Waals surface area contributed by atoms with E-state index in [4.69, 9.17) is 5.73 Å². The van der Waals surface area contributed by atoms with Gasteiger partial charge in [-0.25, -0.2) is 0 Å². The molecule has 1 aromatic heterocycles. The molecule has 0 saturated heterocycles. The van der Waals surface area contributed by atoms with Crippen LogP contribution in [0.1, 0.15) is 5.56 Å². The summed E-state index contributed by atoms with van der Waals surface area (Å²) >= 11 is 3.39. The molecule has 0 aliphatic rings. The fourth-order valence-electron chi connectivity index (χ4n) is 1.54. The maximum atomic E-state index is 5.63. The lowest BCUT2D eigenvalue weighted by molar-refractivity contribution is 1.02. The Morgan fingerprint density at radius 1 is 1.18 bits per heavy atom. The summed E-state index contributed by atoms with van der Waals surface area (Å²) in [5, 5.41) is 3.32. The molecule has 88 valence electrons. The van der Waals surface area contributed by atoms with Crippen LogP contribution in [-0.4, -0.2) is 11.5 Å². The quantitative estimate of drug-likeness (QED) is 0.851. The third kappa shape index (κ3) is 3.75. The van der Waals surface area contributed by atoms with E-state index in [9.17, 15) is 0 Å². The minimum atomic E-state index is 0.804. The van der Waals surface area contributed by atoms with Crippen LogP contribution in [0, 0.1) is 0 Å². The average Bonchev–Trinajstić information content (AvgIpc) is 2.32. The van der Waals surface area contributed by atoms with Crippen LogP contribution in [0.25, 0.3) is 0 Å². The van der Waals surface area contributed by atoms with E-state index in [1.807, 2.05) is 24.4 Å². The van der Waals surface area contributed by atoms with Crippen molar-refractivity contribution < 1.29 is 0 Å². The van der Waals surface area contributed by atoms with Crippen LogP contribution in [0.2, 0.25) is 0 Å². The predicted molar refractivity (Wildman–Crippen MR) is 75.0 cm³/mol. The second-order valence-electron chi connectivity index (χ2n) is 3.81. The van der Waals surface area contributed by atoms with Crippen molar-refractivity contribution >= 4 is 27.3 Å². The first-order chi connectivity index (χ1) is 8.24. The van der Waals surface area contributed by atoms with Crippen molar-refractivity contribution in [3.63, 3.8) is 0 Å². The molecular formula is C13H14BrN3. The summed E-state index contributed by atoms with van der Waals surface area (Å²) in [6.45, 7) is 0.877. The molecule has 0 saturated carbocycles. The number of nitrogen functional groups attached to an aromatic ring is 1. The lowest BCUT2D eigenvalue weighted by Crippen LogP contribution is -2.05. The Kier molecular flexibility index (Phi) is 3.98. The molecule has 4 heteroatoms. The number of nitrogens with one attached hydrogen (secondary N) is 1. The molecule has 0 radical (unpaired) electrons. The van der Waals surface area contributed by atoms with Crippen molar-refractivity contribution in [2.45, 2.75) is 6.42 Å². The molecule has 0 atom stereocenters. The van der Waals surface area contributed by atoms with Crippen molar-refractivity contribution in [2.75, 3.05) is 17.6 Å². The molecule has 0 amide bonds. The van der Waals surface area contributed by atoms with Crippen molar-refractivity contribution in [3.8, 4) is 0 Å². The number of nitrogens with zero attached hydrogens (tertiary/aromatic N) is 1. The Morgan fingerprint density at radius 3 is 2.65 bits per heavy atom. The molecule has 3 nitrogen and oxygen atoms in total. The molecule has 2 aromatic rings. The molecule has 0 bridgehead atoms. The van der Waals surface area contributed by atoms with Gasteiger partial charge < -0.3 is 11.1 Å². The highest BCUT2D eigenvalue weighted by molar-refractivity contribution is 9.10. The van der Waals surface area contributed by atoms with Crippen molar-refractivity contribution in [2.24, 2.45) is 0 Å². The first-order valence-corrected chi connectivity index (χ1v) is 6.22. The van der Waals surface area contributed by atoms with E-state index in [1.54, 1.807) is 6.20 Å². The van der Waals surface area contributed by atoms with Crippen LogP contribution in [-0.2, 0) is 6.42 Å². The third-order valence-corrected chi connectivity index (χ3v) is 2.86. The molecule has 0 aliphatic heterocycles. The first-order valence-electron chi connectivity index (χ1n) is 5.43. The number of halogens is 1. The molecule has 2 rings (SSSR count). The van der Waals surface area contributed by atoms with Gasteiger partial charge in [0.05, 0.1) is 11.9 Å². The van der Waals surface area contributed by atoms with Gasteiger partial charge in [0.25, 0.3) is 0 Å². The van der Waals surface area contributed by atoms with E-state index in [-0.39, 0.29) is 0 Å². The maximum absolute atomic E-state index is 5.63. The largest absolute Gasteiger partial charge is 0.399 e. The number of benzene rings is 1. The van der Waals surface area contributed by atoms with Crippen LogP contribution in [0.5, 0.6) is 0 Å². The normalized spacial score (nSPS) is 10.2. The minimum absolute atomic E-state index is 0.804. The minimum Gasteiger partial charge on any atom is -0.399 e. The van der Waals surface area contributed by atoms with Gasteiger partial charge in [-0.1, -0.05) is 12.1 Å². The Labute approximate surface area is 109 Å². The highest BCUT2D eigenvalue weighted by atomic mass is 79.9. The zero-order chi connectivity index (χ0) is 12.1. The number of hydrogen-bond donors (Lipinski definition) is 2. The molecule has 0 fully saturated rings. The van der Waals surface area contributed by atoms with Gasteiger partial charge in [0.15, 0.2) is 0 Å². The molecule has 1 aromatic carbocycles. The summed E-state index contributed by atoms with van der Waals surface area (Å²) in [6.07, 6.45) is 4.55. The lowest BCUT2D eigenvalue weighted by atomic mass is 10.1. The van der Waals surface area contributed by atoms with Gasteiger partial charge in [0.2, 0.25) is 0 Å². The number of rotatable bonds is 4. The van der Waals surface area contributed by atoms with E-state index in [0.717, 1.165) is 28.8 Å². The van der Waals surface area contributed by atoms with Gasteiger partial charge >= 0.3 is 0 Å². The number of aromatic nitrogens is 1. The number of pyridine rings is 1. The molecular weight excluding hydrogens is 278 g/mol. The summed E-state index contributed by atoms with van der Waals surface area (Å²) < 4.78 is 0.981. The first kappa shape index (κ1) is 11.9. The Bertz CT molecular complexity index is 482. The fraction of sp³-hybridized carbons (Fsp3) is 0.154. The molecule has 17 heavy (non-hydrogen) atoms. The van der Waals surface area contributed by atoms with Gasteiger partial charge in [-0.15, -0.1) is 0 Å². The number of anilines is 2. The molecule has 3 N–H and O–H groups in total. The molecule has 0 aliphatic carbocycles. The second kappa shape index (κ2) is 5.68. The summed E-state index contributed by atoms with van der Waals surface area (Å²) in [7, 11) is 0. The third-order valence-electron chi connectivity index (χ3n) is 2.43. The van der Waals surface area contributed by atoms with Crippen molar-refractivity contribution in [1.29, 1.82) is 0 Å². The van der Waals surface area contributed by atoms with E-state index in [2.05, 4.69) is 38.4 Å². The van der Waals surface area contributed by atoms with Gasteiger partial charge in [0.1, 0.15) is 0 Å². The van der Waals surface area contributed by atoms with Gasteiger partial charge in [0, 0.05) is 22.9 Å².